The van der Waals surface area contributed by atoms with Crippen molar-refractivity contribution >= 4 is 11.9 Å². The lowest BCUT2D eigenvalue weighted by molar-refractivity contribution is -0.149. The number of carbonyl (C=O) groups excluding carboxylic acids is 2. The van der Waals surface area contributed by atoms with Crippen molar-refractivity contribution in [3.8, 4) is 0 Å². The van der Waals surface area contributed by atoms with E-state index in [1.165, 1.54) is 12.0 Å². The molecule has 0 aromatic heterocycles. The van der Waals surface area contributed by atoms with Gasteiger partial charge < -0.3 is 15.4 Å². The van der Waals surface area contributed by atoms with Gasteiger partial charge in [0.25, 0.3) is 0 Å². The fraction of sp³-hybridized carbons (Fsp3) is 0.857. The highest BCUT2D eigenvalue weighted by atomic mass is 16.5. The number of rotatable bonds is 8. The smallest absolute Gasteiger partial charge is 0.325 e. The Balaban J connectivity index is 4.94. The standard InChI is InChI=1S/C14H28N2O3/c1-6-11(7-2)9-16(10-12(17)19-5)13(18)14(4,15)8-3/h11H,6-10,15H2,1-5H3. The zero-order chi connectivity index (χ0) is 15.1. The van der Waals surface area contributed by atoms with Crippen molar-refractivity contribution in [2.24, 2.45) is 11.7 Å². The van der Waals surface area contributed by atoms with Crippen LogP contribution in [0, 0.1) is 5.92 Å². The summed E-state index contributed by atoms with van der Waals surface area (Å²) in [6.07, 6.45) is 2.47. The highest BCUT2D eigenvalue weighted by Gasteiger charge is 2.32. The van der Waals surface area contributed by atoms with E-state index in [9.17, 15) is 9.59 Å². The van der Waals surface area contributed by atoms with Crippen LogP contribution in [0.3, 0.4) is 0 Å². The van der Waals surface area contributed by atoms with E-state index >= 15 is 0 Å². The first-order chi connectivity index (χ1) is 8.82. The number of nitrogens with zero attached hydrogens (tertiary/aromatic N) is 1. The van der Waals surface area contributed by atoms with Crippen molar-refractivity contribution in [2.75, 3.05) is 20.2 Å². The van der Waals surface area contributed by atoms with Gasteiger partial charge in [0.2, 0.25) is 5.91 Å². The van der Waals surface area contributed by atoms with E-state index in [1.807, 2.05) is 6.92 Å². The molecule has 0 spiro atoms. The van der Waals surface area contributed by atoms with Gasteiger partial charge in [-0.25, -0.2) is 0 Å². The molecule has 0 aromatic rings. The summed E-state index contributed by atoms with van der Waals surface area (Å²) < 4.78 is 4.65. The van der Waals surface area contributed by atoms with Gasteiger partial charge in [0.05, 0.1) is 12.6 Å². The molecular weight excluding hydrogens is 244 g/mol. The van der Waals surface area contributed by atoms with Gasteiger partial charge in [0.1, 0.15) is 6.54 Å². The normalized spacial score (nSPS) is 14.1. The van der Waals surface area contributed by atoms with Crippen LogP contribution in [0.25, 0.3) is 0 Å². The molecule has 0 rings (SSSR count). The van der Waals surface area contributed by atoms with Gasteiger partial charge in [-0.1, -0.05) is 33.6 Å². The molecule has 1 atom stereocenters. The molecule has 0 bridgehead atoms. The molecular formula is C14H28N2O3. The van der Waals surface area contributed by atoms with Crippen LogP contribution in [0.15, 0.2) is 0 Å². The summed E-state index contributed by atoms with van der Waals surface area (Å²) in [7, 11) is 1.32. The molecule has 0 fully saturated rings. The van der Waals surface area contributed by atoms with Crippen molar-refractivity contribution in [2.45, 2.75) is 52.5 Å². The number of ether oxygens (including phenoxy) is 1. The molecule has 0 heterocycles. The zero-order valence-electron chi connectivity index (χ0n) is 12.9. The maximum absolute atomic E-state index is 12.4. The number of carbonyl (C=O) groups is 2. The van der Waals surface area contributed by atoms with Crippen molar-refractivity contribution in [3.63, 3.8) is 0 Å². The zero-order valence-corrected chi connectivity index (χ0v) is 12.9. The average molecular weight is 272 g/mol. The molecule has 19 heavy (non-hydrogen) atoms. The maximum Gasteiger partial charge on any atom is 0.325 e. The molecule has 0 aliphatic carbocycles. The summed E-state index contributed by atoms with van der Waals surface area (Å²) >= 11 is 0. The summed E-state index contributed by atoms with van der Waals surface area (Å²) in [4.78, 5) is 25.4. The molecule has 0 aromatic carbocycles. The van der Waals surface area contributed by atoms with Crippen LogP contribution in [0.5, 0.6) is 0 Å². The van der Waals surface area contributed by atoms with Crippen molar-refractivity contribution in [1.82, 2.24) is 4.90 Å². The third kappa shape index (κ3) is 5.59. The Morgan fingerprint density at radius 1 is 1.26 bits per heavy atom. The Bertz CT molecular complexity index is 299. The highest BCUT2D eigenvalue weighted by Crippen LogP contribution is 2.15. The van der Waals surface area contributed by atoms with Crippen LogP contribution in [0.2, 0.25) is 0 Å². The number of hydrogen-bond acceptors (Lipinski definition) is 4. The van der Waals surface area contributed by atoms with Gasteiger partial charge >= 0.3 is 5.97 Å². The van der Waals surface area contributed by atoms with Crippen LogP contribution >= 0.6 is 0 Å². The Morgan fingerprint density at radius 3 is 2.16 bits per heavy atom. The molecule has 112 valence electrons. The quantitative estimate of drug-likeness (QED) is 0.680. The summed E-state index contributed by atoms with van der Waals surface area (Å²) in [5, 5.41) is 0. The van der Waals surface area contributed by atoms with Gasteiger partial charge in [-0.3, -0.25) is 9.59 Å². The molecule has 5 heteroatoms. The summed E-state index contributed by atoms with van der Waals surface area (Å²) in [6.45, 7) is 8.25. The maximum atomic E-state index is 12.4. The second-order valence-corrected chi connectivity index (χ2v) is 5.22. The lowest BCUT2D eigenvalue weighted by Gasteiger charge is -2.32. The van der Waals surface area contributed by atoms with Crippen LogP contribution in [-0.4, -0.2) is 42.5 Å². The molecule has 0 saturated carbocycles. The molecule has 0 radical (unpaired) electrons. The van der Waals surface area contributed by atoms with Crippen molar-refractivity contribution in [1.29, 1.82) is 0 Å². The lowest BCUT2D eigenvalue weighted by Crippen LogP contribution is -2.55. The topological polar surface area (TPSA) is 72.6 Å². The third-order valence-electron chi connectivity index (χ3n) is 3.69. The number of hydrogen-bond donors (Lipinski definition) is 1. The first-order valence-corrected chi connectivity index (χ1v) is 6.97. The largest absolute Gasteiger partial charge is 0.468 e. The SMILES string of the molecule is CCC(CC)CN(CC(=O)OC)C(=O)C(C)(N)CC. The van der Waals surface area contributed by atoms with E-state index in [4.69, 9.17) is 5.73 Å². The van der Waals surface area contributed by atoms with E-state index in [-0.39, 0.29) is 12.5 Å². The molecule has 2 N–H and O–H groups in total. The van der Waals surface area contributed by atoms with Gasteiger partial charge in [-0.15, -0.1) is 0 Å². The Morgan fingerprint density at radius 2 is 1.79 bits per heavy atom. The molecule has 5 nitrogen and oxygen atoms in total. The van der Waals surface area contributed by atoms with Gasteiger partial charge in [-0.2, -0.15) is 0 Å². The van der Waals surface area contributed by atoms with Crippen LogP contribution in [0.1, 0.15) is 47.0 Å². The minimum atomic E-state index is -0.931. The number of amides is 1. The second kappa shape index (κ2) is 8.15. The molecule has 1 amide bonds. The number of nitrogens with two attached hydrogens (primary N) is 1. The Hall–Kier alpha value is -1.10. The predicted octanol–water partition coefficient (Wildman–Crippen LogP) is 1.55. The second-order valence-electron chi connectivity index (χ2n) is 5.22. The monoisotopic (exact) mass is 272 g/mol. The van der Waals surface area contributed by atoms with Crippen molar-refractivity contribution < 1.29 is 14.3 Å². The van der Waals surface area contributed by atoms with Crippen LogP contribution in [-0.2, 0) is 14.3 Å². The number of methoxy groups -OCH3 is 1. The summed E-state index contributed by atoms with van der Waals surface area (Å²) in [5.41, 5.74) is 5.06. The molecule has 0 aliphatic heterocycles. The van der Waals surface area contributed by atoms with Gasteiger partial charge in [0.15, 0.2) is 0 Å². The minimum Gasteiger partial charge on any atom is -0.468 e. The highest BCUT2D eigenvalue weighted by molar-refractivity contribution is 5.88. The average Bonchev–Trinajstić information content (AvgIpc) is 2.42. The summed E-state index contributed by atoms with van der Waals surface area (Å²) in [5.74, 6) is -0.222. The first-order valence-electron chi connectivity index (χ1n) is 6.97. The predicted molar refractivity (Wildman–Crippen MR) is 75.6 cm³/mol. The Labute approximate surface area is 116 Å². The fourth-order valence-corrected chi connectivity index (χ4v) is 1.81. The van der Waals surface area contributed by atoms with E-state index in [0.29, 0.717) is 18.9 Å². The number of esters is 1. The minimum absolute atomic E-state index is 0.0291. The van der Waals surface area contributed by atoms with E-state index in [1.54, 1.807) is 6.92 Å². The molecule has 1 unspecified atom stereocenters. The van der Waals surface area contributed by atoms with E-state index < -0.39 is 11.5 Å². The molecule has 0 saturated heterocycles. The van der Waals surface area contributed by atoms with Gasteiger partial charge in [-0.05, 0) is 19.3 Å². The van der Waals surface area contributed by atoms with Gasteiger partial charge in [0, 0.05) is 6.54 Å². The van der Waals surface area contributed by atoms with E-state index in [0.717, 1.165) is 12.8 Å². The van der Waals surface area contributed by atoms with Crippen LogP contribution in [0.4, 0.5) is 0 Å². The first kappa shape index (κ1) is 17.9. The summed E-state index contributed by atoms with van der Waals surface area (Å²) in [6, 6.07) is 0. The lowest BCUT2D eigenvalue weighted by atomic mass is 9.96. The third-order valence-corrected chi connectivity index (χ3v) is 3.69. The van der Waals surface area contributed by atoms with Crippen molar-refractivity contribution in [3.05, 3.63) is 0 Å². The molecule has 0 aliphatic rings. The van der Waals surface area contributed by atoms with E-state index in [2.05, 4.69) is 18.6 Å². The Kier molecular flexibility index (Phi) is 7.68. The van der Waals surface area contributed by atoms with Crippen LogP contribution < -0.4 is 5.73 Å². The fourth-order valence-electron chi connectivity index (χ4n) is 1.81.